The highest BCUT2D eigenvalue weighted by molar-refractivity contribution is 6.30. The number of carbonyl (C=O) groups excluding carboxylic acids is 1. The summed E-state index contributed by atoms with van der Waals surface area (Å²) in [7, 11) is 0. The first-order valence-electron chi connectivity index (χ1n) is 10.3. The summed E-state index contributed by atoms with van der Waals surface area (Å²) < 4.78 is 7.76. The van der Waals surface area contributed by atoms with E-state index in [-0.39, 0.29) is 18.1 Å². The van der Waals surface area contributed by atoms with Crippen LogP contribution in [0.5, 0.6) is 5.88 Å². The van der Waals surface area contributed by atoms with Gasteiger partial charge in [-0.05, 0) is 31.2 Å². The molecule has 4 aromatic rings. The number of nitrogens with two attached hydrogens (primary N) is 1. The summed E-state index contributed by atoms with van der Waals surface area (Å²) in [6.07, 6.45) is 5.17. The maximum absolute atomic E-state index is 12.1. The zero-order valence-corrected chi connectivity index (χ0v) is 18.1. The van der Waals surface area contributed by atoms with E-state index < -0.39 is 0 Å². The minimum absolute atomic E-state index is 0.0486. The molecule has 3 aromatic heterocycles. The number of halogens is 1. The van der Waals surface area contributed by atoms with Crippen LogP contribution in [0.3, 0.4) is 0 Å². The van der Waals surface area contributed by atoms with Crippen LogP contribution >= 0.6 is 11.6 Å². The number of ether oxygens (including phenoxy) is 1. The molecule has 2 N–H and O–H groups in total. The number of benzene rings is 1. The number of fused-ring (bicyclic) bond motifs is 1. The van der Waals surface area contributed by atoms with Crippen molar-refractivity contribution in [3.05, 3.63) is 71.6 Å². The topological polar surface area (TPSA) is 98.6 Å². The molecule has 9 heteroatoms. The number of carbonyl (C=O) groups is 1. The number of nitrogens with zero attached hydrogens (tertiary/aromatic N) is 5. The van der Waals surface area contributed by atoms with Crippen molar-refractivity contribution in [3.8, 4) is 17.1 Å². The summed E-state index contributed by atoms with van der Waals surface area (Å²) in [6, 6.07) is 13.1. The van der Waals surface area contributed by atoms with Crippen LogP contribution in [0.2, 0.25) is 5.02 Å². The molecule has 2 atom stereocenters. The number of hydrogen-bond donors (Lipinski definition) is 1. The average molecular weight is 449 g/mol. The van der Waals surface area contributed by atoms with Crippen LogP contribution in [0.15, 0.2) is 61.1 Å². The average Bonchev–Trinajstić information content (AvgIpc) is 3.36. The van der Waals surface area contributed by atoms with Gasteiger partial charge >= 0.3 is 0 Å². The van der Waals surface area contributed by atoms with Gasteiger partial charge in [0, 0.05) is 54.3 Å². The second-order valence-electron chi connectivity index (χ2n) is 7.80. The van der Waals surface area contributed by atoms with E-state index >= 15 is 0 Å². The molecule has 0 radical (unpaired) electrons. The normalized spacial score (nSPS) is 17.2. The van der Waals surface area contributed by atoms with Gasteiger partial charge in [0.25, 0.3) is 0 Å². The third-order valence-corrected chi connectivity index (χ3v) is 5.67. The lowest BCUT2D eigenvalue weighted by Gasteiger charge is -2.16. The molecule has 0 aliphatic carbocycles. The van der Waals surface area contributed by atoms with Gasteiger partial charge in [-0.2, -0.15) is 0 Å². The van der Waals surface area contributed by atoms with Gasteiger partial charge in [0.05, 0.1) is 16.9 Å². The van der Waals surface area contributed by atoms with Gasteiger partial charge in [-0.3, -0.25) is 9.78 Å². The standard InChI is InChI=1S/C23H21ClN6O2/c1-14(16-8-17(24)11-26-10-16)32-22-7-6-21-27-12-20(30(21)28-22)15-2-4-19(5-3-15)29-13-18(25)9-23(29)31/h2-8,10-12,14,18H,9,13,25H2,1H3/t14?,18-/m0/s1. The molecule has 1 aromatic carbocycles. The summed E-state index contributed by atoms with van der Waals surface area (Å²) in [5, 5.41) is 5.17. The van der Waals surface area contributed by atoms with Crippen molar-refractivity contribution in [2.45, 2.75) is 25.5 Å². The lowest BCUT2D eigenvalue weighted by molar-refractivity contribution is -0.117. The van der Waals surface area contributed by atoms with Gasteiger partial charge in [-0.25, -0.2) is 9.50 Å². The number of amides is 1. The number of aromatic nitrogens is 4. The summed E-state index contributed by atoms with van der Waals surface area (Å²) in [4.78, 5) is 22.4. The first kappa shape index (κ1) is 20.4. The van der Waals surface area contributed by atoms with E-state index in [2.05, 4.69) is 15.1 Å². The van der Waals surface area contributed by atoms with Crippen LogP contribution in [0, 0.1) is 0 Å². The Bertz CT molecular complexity index is 1290. The summed E-state index contributed by atoms with van der Waals surface area (Å²) in [5.41, 5.74) is 10.0. The largest absolute Gasteiger partial charge is 0.469 e. The molecule has 1 unspecified atom stereocenters. The van der Waals surface area contributed by atoms with Crippen molar-refractivity contribution in [1.82, 2.24) is 19.6 Å². The molecule has 4 heterocycles. The Morgan fingerprint density at radius 1 is 1.16 bits per heavy atom. The lowest BCUT2D eigenvalue weighted by Crippen LogP contribution is -2.27. The summed E-state index contributed by atoms with van der Waals surface area (Å²) >= 11 is 6.04. The van der Waals surface area contributed by atoms with Crippen LogP contribution in [0.4, 0.5) is 5.69 Å². The van der Waals surface area contributed by atoms with Crippen molar-refractivity contribution in [2.75, 3.05) is 11.4 Å². The van der Waals surface area contributed by atoms with Gasteiger partial charge in [-0.1, -0.05) is 23.7 Å². The Labute approximate surface area is 189 Å². The van der Waals surface area contributed by atoms with Gasteiger partial charge in [0.2, 0.25) is 11.8 Å². The first-order valence-corrected chi connectivity index (χ1v) is 10.6. The van der Waals surface area contributed by atoms with Crippen molar-refractivity contribution in [3.63, 3.8) is 0 Å². The zero-order chi connectivity index (χ0) is 22.2. The van der Waals surface area contributed by atoms with Gasteiger partial charge in [-0.15, -0.1) is 5.10 Å². The van der Waals surface area contributed by atoms with Crippen LogP contribution < -0.4 is 15.4 Å². The minimum Gasteiger partial charge on any atom is -0.469 e. The SMILES string of the molecule is CC(Oc1ccc2ncc(-c3ccc(N4C[C@@H](N)CC4=O)cc3)n2n1)c1cncc(Cl)c1. The Hall–Kier alpha value is -3.49. The van der Waals surface area contributed by atoms with Crippen molar-refractivity contribution >= 4 is 28.8 Å². The molecule has 1 aliphatic rings. The molecule has 1 saturated heterocycles. The minimum atomic E-state index is -0.276. The highest BCUT2D eigenvalue weighted by Crippen LogP contribution is 2.27. The molecule has 0 saturated carbocycles. The van der Waals surface area contributed by atoms with E-state index in [4.69, 9.17) is 22.1 Å². The molecule has 1 aliphatic heterocycles. The van der Waals surface area contributed by atoms with E-state index in [1.165, 1.54) is 0 Å². The fraction of sp³-hybridized carbons (Fsp3) is 0.217. The third-order valence-electron chi connectivity index (χ3n) is 5.46. The second kappa shape index (κ2) is 8.22. The van der Waals surface area contributed by atoms with Gasteiger partial charge in [0.1, 0.15) is 6.10 Å². The molecular weight excluding hydrogens is 428 g/mol. The molecule has 1 fully saturated rings. The predicted molar refractivity (Wildman–Crippen MR) is 122 cm³/mol. The third kappa shape index (κ3) is 3.90. The van der Waals surface area contributed by atoms with Crippen LogP contribution in [-0.4, -0.2) is 38.1 Å². The smallest absolute Gasteiger partial charge is 0.232 e. The van der Waals surface area contributed by atoms with Crippen LogP contribution in [0.1, 0.15) is 25.0 Å². The molecule has 1 amide bonds. The Morgan fingerprint density at radius 3 is 2.69 bits per heavy atom. The predicted octanol–water partition coefficient (Wildman–Crippen LogP) is 3.65. The van der Waals surface area contributed by atoms with E-state index in [1.807, 2.05) is 43.3 Å². The molecule has 0 spiro atoms. The molecular formula is C23H21ClN6O2. The number of anilines is 1. The zero-order valence-electron chi connectivity index (χ0n) is 17.4. The Balaban J connectivity index is 1.41. The molecule has 5 rings (SSSR count). The quantitative estimate of drug-likeness (QED) is 0.500. The monoisotopic (exact) mass is 448 g/mol. The summed E-state index contributed by atoms with van der Waals surface area (Å²) in [5.74, 6) is 0.505. The molecule has 162 valence electrons. The highest BCUT2D eigenvalue weighted by Gasteiger charge is 2.28. The fourth-order valence-corrected chi connectivity index (χ4v) is 4.00. The van der Waals surface area contributed by atoms with E-state index in [9.17, 15) is 4.79 Å². The van der Waals surface area contributed by atoms with Crippen molar-refractivity contribution < 1.29 is 9.53 Å². The van der Waals surface area contributed by atoms with Crippen molar-refractivity contribution in [1.29, 1.82) is 0 Å². The number of rotatable bonds is 5. The Morgan fingerprint density at radius 2 is 1.97 bits per heavy atom. The van der Waals surface area contributed by atoms with Crippen LogP contribution in [0.25, 0.3) is 16.9 Å². The van der Waals surface area contributed by atoms with Crippen LogP contribution in [-0.2, 0) is 4.79 Å². The second-order valence-corrected chi connectivity index (χ2v) is 8.23. The molecule has 32 heavy (non-hydrogen) atoms. The first-order chi connectivity index (χ1) is 15.5. The van der Waals surface area contributed by atoms with Gasteiger partial charge in [0.15, 0.2) is 5.65 Å². The summed E-state index contributed by atoms with van der Waals surface area (Å²) in [6.45, 7) is 2.45. The highest BCUT2D eigenvalue weighted by atomic mass is 35.5. The lowest BCUT2D eigenvalue weighted by atomic mass is 10.1. The Kier molecular flexibility index (Phi) is 5.24. The molecule has 8 nitrogen and oxygen atoms in total. The number of imidazole rings is 1. The van der Waals surface area contributed by atoms with E-state index in [0.29, 0.717) is 29.5 Å². The maximum atomic E-state index is 12.1. The van der Waals surface area contributed by atoms with Gasteiger partial charge < -0.3 is 15.4 Å². The number of pyridine rings is 1. The fourth-order valence-electron chi connectivity index (χ4n) is 3.81. The molecule has 0 bridgehead atoms. The van der Waals surface area contributed by atoms with E-state index in [1.54, 1.807) is 34.1 Å². The number of hydrogen-bond acceptors (Lipinski definition) is 6. The maximum Gasteiger partial charge on any atom is 0.232 e. The van der Waals surface area contributed by atoms with Crippen molar-refractivity contribution in [2.24, 2.45) is 5.73 Å². The van der Waals surface area contributed by atoms with E-state index in [0.717, 1.165) is 22.5 Å².